The number of nitrogens with one attached hydrogen (secondary N) is 1. The standard InChI is InChI=1S/C14H16BrN5O/c1-4-6-20-14(21)13(15)12(8-17-20)16-7-10-9-19(3)18-11(10)5-2/h1,8-9,16H,5-7H2,2-3H3. The molecule has 0 radical (unpaired) electrons. The minimum atomic E-state index is -0.250. The summed E-state index contributed by atoms with van der Waals surface area (Å²) in [7, 11) is 1.89. The SMILES string of the molecule is C#CCn1ncc(NCc2cn(C)nc2CC)c(Br)c1=O. The normalized spacial score (nSPS) is 10.4. The average molecular weight is 350 g/mol. The van der Waals surface area contributed by atoms with Gasteiger partial charge < -0.3 is 5.32 Å². The second kappa shape index (κ2) is 6.59. The second-order valence-electron chi connectivity index (χ2n) is 4.52. The highest BCUT2D eigenvalue weighted by molar-refractivity contribution is 9.10. The Hall–Kier alpha value is -2.07. The van der Waals surface area contributed by atoms with Crippen molar-refractivity contribution in [2.75, 3.05) is 5.32 Å². The highest BCUT2D eigenvalue weighted by atomic mass is 79.9. The Balaban J connectivity index is 2.19. The first-order valence-corrected chi connectivity index (χ1v) is 7.30. The summed E-state index contributed by atoms with van der Waals surface area (Å²) >= 11 is 3.29. The maximum Gasteiger partial charge on any atom is 0.284 e. The van der Waals surface area contributed by atoms with Gasteiger partial charge in [0.1, 0.15) is 11.0 Å². The van der Waals surface area contributed by atoms with Gasteiger partial charge in [0.05, 0.1) is 17.6 Å². The molecule has 0 spiro atoms. The quantitative estimate of drug-likeness (QED) is 0.831. The second-order valence-corrected chi connectivity index (χ2v) is 5.31. The Morgan fingerprint density at radius 3 is 2.95 bits per heavy atom. The van der Waals surface area contributed by atoms with Crippen molar-refractivity contribution >= 4 is 21.6 Å². The summed E-state index contributed by atoms with van der Waals surface area (Å²) < 4.78 is 3.44. The number of rotatable bonds is 5. The van der Waals surface area contributed by atoms with Crippen LogP contribution in [0.5, 0.6) is 0 Å². The molecular weight excluding hydrogens is 334 g/mol. The summed E-state index contributed by atoms with van der Waals surface area (Å²) in [5, 5.41) is 11.6. The number of aryl methyl sites for hydroxylation is 2. The van der Waals surface area contributed by atoms with Gasteiger partial charge in [0.15, 0.2) is 0 Å². The molecule has 2 aromatic heterocycles. The van der Waals surface area contributed by atoms with Crippen molar-refractivity contribution in [2.45, 2.75) is 26.4 Å². The molecule has 1 N–H and O–H groups in total. The number of hydrogen-bond donors (Lipinski definition) is 1. The minimum absolute atomic E-state index is 0.153. The summed E-state index contributed by atoms with van der Waals surface area (Å²) in [6.45, 7) is 2.79. The van der Waals surface area contributed by atoms with Crippen LogP contribution in [0.1, 0.15) is 18.2 Å². The summed E-state index contributed by atoms with van der Waals surface area (Å²) in [5.41, 5.74) is 2.52. The molecule has 0 aliphatic heterocycles. The van der Waals surface area contributed by atoms with Crippen LogP contribution in [0.4, 0.5) is 5.69 Å². The van der Waals surface area contributed by atoms with Crippen LogP contribution < -0.4 is 10.9 Å². The van der Waals surface area contributed by atoms with Crippen molar-refractivity contribution in [3.8, 4) is 12.3 Å². The first-order chi connectivity index (χ1) is 10.1. The van der Waals surface area contributed by atoms with Crippen LogP contribution in [-0.4, -0.2) is 19.6 Å². The Morgan fingerprint density at radius 1 is 1.52 bits per heavy atom. The number of anilines is 1. The lowest BCUT2D eigenvalue weighted by Crippen LogP contribution is -2.24. The lowest BCUT2D eigenvalue weighted by atomic mass is 10.2. The van der Waals surface area contributed by atoms with Gasteiger partial charge in [-0.05, 0) is 22.4 Å². The number of nitrogens with zero attached hydrogens (tertiary/aromatic N) is 4. The van der Waals surface area contributed by atoms with Crippen LogP contribution in [0.25, 0.3) is 0 Å². The minimum Gasteiger partial charge on any atom is -0.378 e. The monoisotopic (exact) mass is 349 g/mol. The predicted molar refractivity (Wildman–Crippen MR) is 84.9 cm³/mol. The van der Waals surface area contributed by atoms with Crippen LogP contribution in [0.2, 0.25) is 0 Å². The van der Waals surface area contributed by atoms with Crippen LogP contribution in [0.15, 0.2) is 21.7 Å². The van der Waals surface area contributed by atoms with Crippen LogP contribution >= 0.6 is 15.9 Å². The van der Waals surface area contributed by atoms with Gasteiger partial charge in [-0.15, -0.1) is 6.42 Å². The molecule has 0 atom stereocenters. The number of hydrogen-bond acceptors (Lipinski definition) is 4. The molecule has 0 amide bonds. The number of aromatic nitrogens is 4. The van der Waals surface area contributed by atoms with Crippen LogP contribution in [-0.2, 0) is 26.6 Å². The van der Waals surface area contributed by atoms with E-state index in [2.05, 4.69) is 44.3 Å². The zero-order valence-corrected chi connectivity index (χ0v) is 13.5. The van der Waals surface area contributed by atoms with Gasteiger partial charge in [-0.2, -0.15) is 10.2 Å². The van der Waals surface area contributed by atoms with E-state index in [0.717, 1.165) is 17.7 Å². The zero-order chi connectivity index (χ0) is 15.4. The van der Waals surface area contributed by atoms with Gasteiger partial charge in [0.2, 0.25) is 0 Å². The number of terminal acetylenes is 1. The van der Waals surface area contributed by atoms with Gasteiger partial charge >= 0.3 is 0 Å². The summed E-state index contributed by atoms with van der Waals surface area (Å²) in [5.74, 6) is 2.40. The van der Waals surface area contributed by atoms with E-state index in [-0.39, 0.29) is 12.1 Å². The highest BCUT2D eigenvalue weighted by Gasteiger charge is 2.10. The van der Waals surface area contributed by atoms with E-state index < -0.39 is 0 Å². The van der Waals surface area contributed by atoms with Crippen molar-refractivity contribution in [3.63, 3.8) is 0 Å². The largest absolute Gasteiger partial charge is 0.378 e. The lowest BCUT2D eigenvalue weighted by molar-refractivity contribution is 0.659. The van der Waals surface area contributed by atoms with E-state index in [0.29, 0.717) is 16.7 Å². The van der Waals surface area contributed by atoms with Gasteiger partial charge in [-0.3, -0.25) is 9.48 Å². The lowest BCUT2D eigenvalue weighted by Gasteiger charge is -2.09. The zero-order valence-electron chi connectivity index (χ0n) is 11.9. The maximum atomic E-state index is 12.0. The summed E-state index contributed by atoms with van der Waals surface area (Å²) in [6.07, 6.45) is 9.61. The van der Waals surface area contributed by atoms with E-state index in [4.69, 9.17) is 6.42 Å². The Labute approximate surface area is 131 Å². The molecule has 0 saturated heterocycles. The van der Waals surface area contributed by atoms with Gasteiger partial charge in [0, 0.05) is 25.4 Å². The molecule has 0 aromatic carbocycles. The highest BCUT2D eigenvalue weighted by Crippen LogP contribution is 2.18. The van der Waals surface area contributed by atoms with Crippen molar-refractivity contribution in [3.05, 3.63) is 38.5 Å². The van der Waals surface area contributed by atoms with E-state index in [1.54, 1.807) is 10.9 Å². The van der Waals surface area contributed by atoms with Crippen molar-refractivity contribution in [1.29, 1.82) is 0 Å². The molecule has 0 aliphatic carbocycles. The van der Waals surface area contributed by atoms with E-state index in [9.17, 15) is 4.79 Å². The molecule has 2 heterocycles. The van der Waals surface area contributed by atoms with E-state index in [1.165, 1.54) is 4.68 Å². The van der Waals surface area contributed by atoms with Crippen LogP contribution in [0.3, 0.4) is 0 Å². The van der Waals surface area contributed by atoms with E-state index in [1.807, 2.05) is 13.2 Å². The van der Waals surface area contributed by atoms with Gasteiger partial charge in [-0.1, -0.05) is 12.8 Å². The van der Waals surface area contributed by atoms with Crippen molar-refractivity contribution in [1.82, 2.24) is 19.6 Å². The molecule has 2 rings (SSSR count). The fourth-order valence-corrected chi connectivity index (χ4v) is 2.45. The molecule has 0 saturated carbocycles. The fourth-order valence-electron chi connectivity index (χ4n) is 2.01. The topological polar surface area (TPSA) is 64.7 Å². The third kappa shape index (κ3) is 3.34. The fraction of sp³-hybridized carbons (Fsp3) is 0.357. The molecule has 6 nitrogen and oxygen atoms in total. The first-order valence-electron chi connectivity index (χ1n) is 6.51. The molecule has 0 bridgehead atoms. The Bertz CT molecular complexity index is 741. The van der Waals surface area contributed by atoms with Crippen molar-refractivity contribution < 1.29 is 0 Å². The van der Waals surface area contributed by atoms with Crippen molar-refractivity contribution in [2.24, 2.45) is 7.05 Å². The molecule has 21 heavy (non-hydrogen) atoms. The molecule has 110 valence electrons. The summed E-state index contributed by atoms with van der Waals surface area (Å²) in [6, 6.07) is 0. The predicted octanol–water partition coefficient (Wildman–Crippen LogP) is 1.55. The third-order valence-corrected chi connectivity index (χ3v) is 3.79. The number of halogens is 1. The third-order valence-electron chi connectivity index (χ3n) is 3.02. The Morgan fingerprint density at radius 2 is 2.29 bits per heavy atom. The Kier molecular flexibility index (Phi) is 4.81. The smallest absolute Gasteiger partial charge is 0.284 e. The van der Waals surface area contributed by atoms with E-state index >= 15 is 0 Å². The average Bonchev–Trinajstić information content (AvgIpc) is 2.83. The molecular formula is C14H16BrN5O. The molecule has 2 aromatic rings. The van der Waals surface area contributed by atoms with Gasteiger partial charge in [-0.25, -0.2) is 4.68 Å². The molecule has 0 unspecified atom stereocenters. The summed E-state index contributed by atoms with van der Waals surface area (Å²) in [4.78, 5) is 12.0. The molecule has 0 aliphatic rings. The molecule has 0 fully saturated rings. The molecule has 7 heteroatoms. The van der Waals surface area contributed by atoms with Crippen LogP contribution in [0, 0.1) is 12.3 Å². The maximum absolute atomic E-state index is 12.0. The first kappa shape index (κ1) is 15.3. The van der Waals surface area contributed by atoms with Gasteiger partial charge in [0.25, 0.3) is 5.56 Å².